The highest BCUT2D eigenvalue weighted by molar-refractivity contribution is 6.00. The number of benzene rings is 1. The van der Waals surface area contributed by atoms with Crippen LogP contribution in [-0.2, 0) is 54.2 Å². The van der Waals surface area contributed by atoms with Gasteiger partial charge < -0.3 is 53.1 Å². The van der Waals surface area contributed by atoms with Crippen molar-refractivity contribution >= 4 is 35.1 Å². The third-order valence-electron chi connectivity index (χ3n) is 11.9. The summed E-state index contributed by atoms with van der Waals surface area (Å²) in [6.07, 6.45) is -5.36. The molecular formula is C43H65N3O14. The predicted molar refractivity (Wildman–Crippen MR) is 219 cm³/mol. The third-order valence-corrected chi connectivity index (χ3v) is 11.9. The Hall–Kier alpha value is -3.84. The molecule has 0 radical (unpaired) electrons. The number of esters is 2. The fourth-order valence-corrected chi connectivity index (χ4v) is 8.32. The number of hydrogen-bond donors (Lipinski definition) is 2. The van der Waals surface area contributed by atoms with Crippen LogP contribution in [0.4, 0.5) is 0 Å². The zero-order valence-corrected chi connectivity index (χ0v) is 37.1. The maximum Gasteiger partial charge on any atom is 0.337 e. The molecule has 17 nitrogen and oxygen atoms in total. The van der Waals surface area contributed by atoms with E-state index in [1.54, 1.807) is 32.9 Å². The van der Waals surface area contributed by atoms with Crippen LogP contribution in [0, 0.1) is 17.8 Å². The van der Waals surface area contributed by atoms with E-state index in [2.05, 4.69) is 10.1 Å². The van der Waals surface area contributed by atoms with Crippen molar-refractivity contribution in [2.45, 2.75) is 142 Å². The highest BCUT2D eigenvalue weighted by atomic mass is 16.7. The van der Waals surface area contributed by atoms with E-state index in [1.807, 2.05) is 32.8 Å². The van der Waals surface area contributed by atoms with Gasteiger partial charge in [0.15, 0.2) is 12.1 Å². The maximum atomic E-state index is 14.5. The summed E-state index contributed by atoms with van der Waals surface area (Å²) in [5.74, 6) is -4.90. The van der Waals surface area contributed by atoms with Crippen molar-refractivity contribution in [3.63, 3.8) is 0 Å². The molecule has 3 aliphatic heterocycles. The molecule has 0 aromatic heterocycles. The summed E-state index contributed by atoms with van der Waals surface area (Å²) in [6, 6.07) is 4.40. The van der Waals surface area contributed by atoms with Crippen molar-refractivity contribution in [3.05, 3.63) is 29.3 Å². The number of rotatable bonds is 9. The van der Waals surface area contributed by atoms with Crippen LogP contribution < -0.4 is 4.74 Å². The second-order valence-electron chi connectivity index (χ2n) is 16.9. The van der Waals surface area contributed by atoms with E-state index in [4.69, 9.17) is 38.0 Å². The van der Waals surface area contributed by atoms with Crippen molar-refractivity contribution in [3.8, 4) is 5.75 Å². The number of Topliss-reactive ketones (excluding diaryl/α,β-unsaturated/α-hetero) is 1. The minimum absolute atomic E-state index is 0.0577. The summed E-state index contributed by atoms with van der Waals surface area (Å²) in [6.45, 7) is 12.5. The molecule has 60 heavy (non-hydrogen) atoms. The monoisotopic (exact) mass is 847 g/mol. The van der Waals surface area contributed by atoms with Crippen LogP contribution in [0.2, 0.25) is 0 Å². The lowest BCUT2D eigenvalue weighted by atomic mass is 9.76. The van der Waals surface area contributed by atoms with Crippen LogP contribution in [0.25, 0.3) is 0 Å². The molecule has 1 aromatic carbocycles. The molecule has 3 aliphatic rings. The van der Waals surface area contributed by atoms with E-state index in [0.29, 0.717) is 23.4 Å². The summed E-state index contributed by atoms with van der Waals surface area (Å²) in [7, 11) is 6.44. The number of carbonyl (C=O) groups is 4. The first-order valence-corrected chi connectivity index (χ1v) is 20.6. The van der Waals surface area contributed by atoms with Crippen molar-refractivity contribution < 1.29 is 67.4 Å². The van der Waals surface area contributed by atoms with Gasteiger partial charge in [-0.15, -0.1) is 0 Å². The van der Waals surface area contributed by atoms with Gasteiger partial charge in [-0.3, -0.25) is 14.4 Å². The Balaban J connectivity index is 1.89. The van der Waals surface area contributed by atoms with E-state index in [-0.39, 0.29) is 62.5 Å². The van der Waals surface area contributed by atoms with Crippen LogP contribution in [0.15, 0.2) is 28.3 Å². The van der Waals surface area contributed by atoms with Crippen molar-refractivity contribution in [1.29, 1.82) is 0 Å². The molecule has 0 spiro atoms. The molecule has 17 heteroatoms. The predicted octanol–water partition coefficient (Wildman–Crippen LogP) is 3.67. The lowest BCUT2D eigenvalue weighted by molar-refractivity contribution is -0.296. The Kier molecular flexibility index (Phi) is 16.9. The molecule has 1 aromatic rings. The van der Waals surface area contributed by atoms with E-state index in [1.165, 1.54) is 41.1 Å². The van der Waals surface area contributed by atoms with Crippen molar-refractivity contribution in [1.82, 2.24) is 4.90 Å². The molecule has 336 valence electrons. The Labute approximate surface area is 353 Å². The molecule has 0 unspecified atom stereocenters. The fourth-order valence-electron chi connectivity index (χ4n) is 8.32. The normalized spacial score (nSPS) is 36.2. The highest BCUT2D eigenvalue weighted by Gasteiger charge is 2.51. The van der Waals surface area contributed by atoms with Gasteiger partial charge in [0.2, 0.25) is 5.91 Å². The molecule has 2 bridgehead atoms. The average molecular weight is 848 g/mol. The summed E-state index contributed by atoms with van der Waals surface area (Å²) in [5, 5.41) is 28.3. The molecule has 3 heterocycles. The van der Waals surface area contributed by atoms with Crippen molar-refractivity contribution in [2.24, 2.45) is 27.9 Å². The standard InChI is InChI=1S/C43H65N3O14/c1-13-34-43(8,52)35-18-31(44-27(6)47)23(2)19-42(7,56-22-30(21-55-35)45-57-20-29-15-14-28(40(51)54-12)17-33(29)53-11)38(25(4)36(48)26(5)39(50)59-34)60-41-37(49)32(46(9)10)16-24(3)58-41/h14-15,17,23-26,32,34-35,37-38,41,49,52H,13,16,18-22H2,1-12H3/b44-31?,45-30-/t23-,24-,25+,26-,32+,34-,35-,37-,38-,41+,42-,43-/m1/s1. The second kappa shape index (κ2) is 20.8. The number of fused-ring (bicyclic) bond motifs is 5. The minimum atomic E-state index is -1.86. The molecule has 4 rings (SSSR count). The zero-order valence-electron chi connectivity index (χ0n) is 37.1. The molecule has 3 saturated heterocycles. The number of nitrogens with zero attached hydrogens (tertiary/aromatic N) is 3. The number of aliphatic imine (C=N–C) groups is 1. The van der Waals surface area contributed by atoms with Crippen LogP contribution in [0.1, 0.15) is 97.0 Å². The summed E-state index contributed by atoms with van der Waals surface area (Å²) in [4.78, 5) is 65.3. The number of methoxy groups -OCH3 is 2. The van der Waals surface area contributed by atoms with Crippen LogP contribution >= 0.6 is 0 Å². The Bertz CT molecular complexity index is 1750. The molecule has 3 fully saturated rings. The Morgan fingerprint density at radius 3 is 2.38 bits per heavy atom. The first-order valence-electron chi connectivity index (χ1n) is 20.6. The topological polar surface area (TPSA) is 211 Å². The SMILES string of the molecule is CC[C@H]1OC(=O)[C@H](C)C(=O)[C@H](C)[C@@H](O[C@@H]2O[C@H](C)C[C@H](N(C)C)[C@H]2O)[C@@]2(C)C[C@@H](C)C(=NC(C)=O)C[C@@H](OC/C(=N/OCc3ccc(C(=O)OC)cc3OC)CO2)[C@]1(C)O. The first-order chi connectivity index (χ1) is 28.2. The quantitative estimate of drug-likeness (QED) is 0.206. The van der Waals surface area contributed by atoms with Gasteiger partial charge in [-0.1, -0.05) is 32.0 Å². The van der Waals surface area contributed by atoms with Crippen LogP contribution in [0.5, 0.6) is 5.75 Å². The number of amides is 1. The molecule has 2 N–H and O–H groups in total. The lowest BCUT2D eigenvalue weighted by Crippen LogP contribution is -2.59. The summed E-state index contributed by atoms with van der Waals surface area (Å²) in [5.41, 5.74) is -1.84. The summed E-state index contributed by atoms with van der Waals surface area (Å²) < 4.78 is 42.5. The fraction of sp³-hybridized carbons (Fsp3) is 0.721. The number of carbonyl (C=O) groups excluding carboxylic acids is 4. The van der Waals surface area contributed by atoms with Crippen LogP contribution in [0.3, 0.4) is 0 Å². The number of aliphatic hydroxyl groups excluding tert-OH is 1. The smallest absolute Gasteiger partial charge is 0.337 e. The van der Waals surface area contributed by atoms with Gasteiger partial charge in [0.05, 0.1) is 56.9 Å². The Morgan fingerprint density at radius 2 is 1.77 bits per heavy atom. The van der Waals surface area contributed by atoms with Gasteiger partial charge in [0.1, 0.15) is 41.8 Å². The number of likely N-dealkylation sites (N-methyl/N-ethyl adjacent to an activating group) is 1. The number of oxime groups is 1. The minimum Gasteiger partial charge on any atom is -0.496 e. The number of cyclic esters (lactones) is 1. The lowest BCUT2D eigenvalue weighted by Gasteiger charge is -2.47. The van der Waals surface area contributed by atoms with E-state index in [9.17, 15) is 29.4 Å². The zero-order chi connectivity index (χ0) is 44.7. The van der Waals surface area contributed by atoms with Gasteiger partial charge in [-0.05, 0) is 79.1 Å². The van der Waals surface area contributed by atoms with Gasteiger partial charge in [0, 0.05) is 36.6 Å². The number of ketones is 1. The number of ether oxygens (including phenoxy) is 7. The molecule has 1 amide bonds. The number of hydrogen-bond acceptors (Lipinski definition) is 16. The molecule has 0 aliphatic carbocycles. The third kappa shape index (κ3) is 11.5. The van der Waals surface area contributed by atoms with E-state index >= 15 is 0 Å². The molecule has 12 atom stereocenters. The first kappa shape index (κ1) is 48.8. The maximum absolute atomic E-state index is 14.5. The van der Waals surface area contributed by atoms with Gasteiger partial charge in [-0.2, -0.15) is 0 Å². The highest BCUT2D eigenvalue weighted by Crippen LogP contribution is 2.39. The van der Waals surface area contributed by atoms with Gasteiger partial charge >= 0.3 is 11.9 Å². The average Bonchev–Trinajstić information content (AvgIpc) is 3.22. The largest absolute Gasteiger partial charge is 0.496 e. The van der Waals surface area contributed by atoms with E-state index in [0.717, 1.165) is 0 Å². The molecule has 0 saturated carbocycles. The van der Waals surface area contributed by atoms with Gasteiger partial charge in [-0.25, -0.2) is 9.79 Å². The van der Waals surface area contributed by atoms with Gasteiger partial charge in [0.25, 0.3) is 0 Å². The van der Waals surface area contributed by atoms with Crippen molar-refractivity contribution in [2.75, 3.05) is 41.5 Å². The number of aliphatic hydroxyl groups is 2. The second-order valence-corrected chi connectivity index (χ2v) is 16.9. The Morgan fingerprint density at radius 1 is 1.07 bits per heavy atom. The molecular weight excluding hydrogens is 782 g/mol. The van der Waals surface area contributed by atoms with E-state index < -0.39 is 83.3 Å². The van der Waals surface area contributed by atoms with Crippen LogP contribution in [-0.4, -0.2) is 146 Å². The summed E-state index contributed by atoms with van der Waals surface area (Å²) >= 11 is 0.